The molecule has 19 heavy (non-hydrogen) atoms. The lowest BCUT2D eigenvalue weighted by atomic mass is 10.1. The molecule has 0 bridgehead atoms. The van der Waals surface area contributed by atoms with Crippen molar-refractivity contribution in [3.05, 3.63) is 30.1 Å². The minimum Gasteiger partial charge on any atom is -0.444 e. The minimum atomic E-state index is -0.843. The molecule has 1 amide bonds. The van der Waals surface area contributed by atoms with Crippen molar-refractivity contribution in [1.29, 1.82) is 0 Å². The number of ether oxygens (including phenoxy) is 1. The number of alkyl carbamates (subject to hydrolysis) is 1. The third-order valence-corrected chi connectivity index (χ3v) is 2.16. The zero-order chi connectivity index (χ0) is 14.5. The van der Waals surface area contributed by atoms with Crippen LogP contribution in [0.3, 0.4) is 0 Å². The fraction of sp³-hybridized carbons (Fsp3) is 0.462. The van der Waals surface area contributed by atoms with Crippen LogP contribution in [0.25, 0.3) is 0 Å². The summed E-state index contributed by atoms with van der Waals surface area (Å²) in [5.41, 5.74) is 5.13. The second kappa shape index (κ2) is 6.29. The summed E-state index contributed by atoms with van der Waals surface area (Å²) >= 11 is 0. The molecule has 1 aromatic rings. The summed E-state index contributed by atoms with van der Waals surface area (Å²) in [4.78, 5) is 27.6. The van der Waals surface area contributed by atoms with E-state index < -0.39 is 17.7 Å². The standard InChI is InChI=1S/C13H19N3O3/c1-13(2,3)19-12(18)16-10(8-14)11(17)9-6-4-5-7-15-9/h4-7,10H,8,14H2,1-3H3,(H,16,18). The Hall–Kier alpha value is -1.95. The number of hydrogen-bond acceptors (Lipinski definition) is 5. The molecule has 0 aliphatic heterocycles. The third kappa shape index (κ3) is 5.05. The maximum Gasteiger partial charge on any atom is 0.408 e. The summed E-state index contributed by atoms with van der Waals surface area (Å²) in [5.74, 6) is -0.339. The van der Waals surface area contributed by atoms with E-state index in [-0.39, 0.29) is 18.0 Å². The summed E-state index contributed by atoms with van der Waals surface area (Å²) in [6.45, 7) is 5.20. The van der Waals surface area contributed by atoms with Crippen LogP contribution >= 0.6 is 0 Å². The third-order valence-electron chi connectivity index (χ3n) is 2.16. The summed E-state index contributed by atoms with van der Waals surface area (Å²) in [6, 6.07) is 4.13. The highest BCUT2D eigenvalue weighted by atomic mass is 16.6. The van der Waals surface area contributed by atoms with Crippen LogP contribution < -0.4 is 11.1 Å². The first-order valence-corrected chi connectivity index (χ1v) is 5.98. The number of Topliss-reactive ketones (excluding diaryl/α,β-unsaturated/α-hetero) is 1. The van der Waals surface area contributed by atoms with E-state index in [4.69, 9.17) is 10.5 Å². The van der Waals surface area contributed by atoms with Gasteiger partial charge in [-0.3, -0.25) is 9.78 Å². The molecule has 1 atom stereocenters. The molecule has 0 saturated heterocycles. The van der Waals surface area contributed by atoms with Gasteiger partial charge in [0.1, 0.15) is 17.3 Å². The van der Waals surface area contributed by atoms with Gasteiger partial charge in [-0.2, -0.15) is 0 Å². The van der Waals surface area contributed by atoms with E-state index in [1.54, 1.807) is 39.0 Å². The highest BCUT2D eigenvalue weighted by Crippen LogP contribution is 2.07. The highest BCUT2D eigenvalue weighted by molar-refractivity contribution is 6.00. The number of carbonyl (C=O) groups excluding carboxylic acids is 2. The van der Waals surface area contributed by atoms with Crippen molar-refractivity contribution in [1.82, 2.24) is 10.3 Å². The van der Waals surface area contributed by atoms with E-state index in [2.05, 4.69) is 10.3 Å². The van der Waals surface area contributed by atoms with Gasteiger partial charge in [0, 0.05) is 12.7 Å². The smallest absolute Gasteiger partial charge is 0.408 e. The fourth-order valence-corrected chi connectivity index (χ4v) is 1.37. The Morgan fingerprint density at radius 3 is 2.58 bits per heavy atom. The summed E-state index contributed by atoms with van der Waals surface area (Å²) < 4.78 is 5.08. The van der Waals surface area contributed by atoms with E-state index in [1.807, 2.05) is 0 Å². The molecule has 0 aliphatic rings. The van der Waals surface area contributed by atoms with Crippen molar-refractivity contribution in [3.63, 3.8) is 0 Å². The van der Waals surface area contributed by atoms with Crippen molar-refractivity contribution < 1.29 is 14.3 Å². The zero-order valence-electron chi connectivity index (χ0n) is 11.3. The van der Waals surface area contributed by atoms with E-state index in [9.17, 15) is 9.59 Å². The molecule has 1 heterocycles. The van der Waals surface area contributed by atoms with Crippen LogP contribution in [0.1, 0.15) is 31.3 Å². The summed E-state index contributed by atoms with van der Waals surface area (Å²) in [6.07, 6.45) is 0.834. The highest BCUT2D eigenvalue weighted by Gasteiger charge is 2.24. The quantitative estimate of drug-likeness (QED) is 0.795. The number of ketones is 1. The van der Waals surface area contributed by atoms with Crippen molar-refractivity contribution in [2.45, 2.75) is 32.4 Å². The summed E-state index contributed by atoms with van der Waals surface area (Å²) in [5, 5.41) is 2.45. The molecule has 6 heteroatoms. The van der Waals surface area contributed by atoms with E-state index in [0.717, 1.165) is 0 Å². The number of nitrogens with one attached hydrogen (secondary N) is 1. The Morgan fingerprint density at radius 1 is 1.42 bits per heavy atom. The topological polar surface area (TPSA) is 94.3 Å². The van der Waals surface area contributed by atoms with Crippen molar-refractivity contribution in [2.75, 3.05) is 6.54 Å². The molecule has 6 nitrogen and oxygen atoms in total. The molecule has 1 rings (SSSR count). The van der Waals surface area contributed by atoms with Crippen LogP contribution in [0.2, 0.25) is 0 Å². The Kier molecular flexibility index (Phi) is 5.00. The number of hydrogen-bond donors (Lipinski definition) is 2. The molecule has 0 aliphatic carbocycles. The van der Waals surface area contributed by atoms with Gasteiger partial charge in [0.15, 0.2) is 0 Å². The maximum absolute atomic E-state index is 12.1. The van der Waals surface area contributed by atoms with Gasteiger partial charge in [-0.1, -0.05) is 6.07 Å². The number of nitrogens with zero attached hydrogens (tertiary/aromatic N) is 1. The lowest BCUT2D eigenvalue weighted by molar-refractivity contribution is 0.0493. The molecule has 0 saturated carbocycles. The van der Waals surface area contributed by atoms with Gasteiger partial charge in [0.05, 0.1) is 0 Å². The van der Waals surface area contributed by atoms with Crippen LogP contribution in [0.4, 0.5) is 4.79 Å². The molecule has 1 aromatic heterocycles. The zero-order valence-corrected chi connectivity index (χ0v) is 11.3. The van der Waals surface area contributed by atoms with Gasteiger partial charge in [-0.05, 0) is 32.9 Å². The van der Waals surface area contributed by atoms with Crippen molar-refractivity contribution >= 4 is 11.9 Å². The van der Waals surface area contributed by atoms with Crippen molar-refractivity contribution in [2.24, 2.45) is 5.73 Å². The maximum atomic E-state index is 12.1. The lowest BCUT2D eigenvalue weighted by Gasteiger charge is -2.22. The molecule has 0 radical (unpaired) electrons. The lowest BCUT2D eigenvalue weighted by Crippen LogP contribution is -2.47. The predicted molar refractivity (Wildman–Crippen MR) is 70.8 cm³/mol. The molecule has 1 unspecified atom stereocenters. The number of nitrogens with two attached hydrogens (primary N) is 1. The summed E-state index contributed by atoms with van der Waals surface area (Å²) in [7, 11) is 0. The number of rotatable bonds is 4. The second-order valence-electron chi connectivity index (χ2n) is 5.01. The molecular weight excluding hydrogens is 246 g/mol. The van der Waals surface area contributed by atoms with Gasteiger partial charge in [-0.25, -0.2) is 4.79 Å². The van der Waals surface area contributed by atoms with Crippen LogP contribution in [0.5, 0.6) is 0 Å². The number of carbonyl (C=O) groups is 2. The number of aromatic nitrogens is 1. The first-order chi connectivity index (χ1) is 8.83. The molecule has 0 spiro atoms. The largest absolute Gasteiger partial charge is 0.444 e. The van der Waals surface area contributed by atoms with Gasteiger partial charge >= 0.3 is 6.09 Å². The predicted octanol–water partition coefficient (Wildman–Crippen LogP) is 1.12. The first-order valence-electron chi connectivity index (χ1n) is 5.98. The second-order valence-corrected chi connectivity index (χ2v) is 5.01. The molecular formula is C13H19N3O3. The molecule has 0 fully saturated rings. The van der Waals surface area contributed by atoms with E-state index >= 15 is 0 Å². The van der Waals surface area contributed by atoms with Crippen LogP contribution in [0, 0.1) is 0 Å². The van der Waals surface area contributed by atoms with E-state index in [0.29, 0.717) is 0 Å². The minimum absolute atomic E-state index is 0.0192. The molecule has 0 aromatic carbocycles. The van der Waals surface area contributed by atoms with Crippen LogP contribution in [0.15, 0.2) is 24.4 Å². The molecule has 104 valence electrons. The monoisotopic (exact) mass is 265 g/mol. The Bertz CT molecular complexity index is 440. The normalized spacial score (nSPS) is 12.6. The van der Waals surface area contributed by atoms with Gasteiger partial charge < -0.3 is 15.8 Å². The molecule has 3 N–H and O–H groups in total. The van der Waals surface area contributed by atoms with Crippen LogP contribution in [-0.2, 0) is 4.74 Å². The Morgan fingerprint density at radius 2 is 2.11 bits per heavy atom. The Labute approximate surface area is 112 Å². The van der Waals surface area contributed by atoms with E-state index in [1.165, 1.54) is 6.20 Å². The SMILES string of the molecule is CC(C)(C)OC(=O)NC(CN)C(=O)c1ccccn1. The van der Waals surface area contributed by atoms with Gasteiger partial charge in [0.2, 0.25) is 5.78 Å². The average Bonchev–Trinajstić information content (AvgIpc) is 2.34. The number of amides is 1. The van der Waals surface area contributed by atoms with Crippen molar-refractivity contribution in [3.8, 4) is 0 Å². The fourth-order valence-electron chi connectivity index (χ4n) is 1.37. The van der Waals surface area contributed by atoms with Gasteiger partial charge in [-0.15, -0.1) is 0 Å². The first kappa shape index (κ1) is 15.1. The van der Waals surface area contributed by atoms with Crippen LogP contribution in [-0.4, -0.2) is 35.0 Å². The average molecular weight is 265 g/mol. The Balaban J connectivity index is 2.69. The van der Waals surface area contributed by atoms with Gasteiger partial charge in [0.25, 0.3) is 0 Å². The number of pyridine rings is 1.